The van der Waals surface area contributed by atoms with Gasteiger partial charge in [0.1, 0.15) is 0 Å². The Morgan fingerprint density at radius 3 is 2.24 bits per heavy atom. The van der Waals surface area contributed by atoms with E-state index in [9.17, 15) is 0 Å². The molecule has 0 aromatic heterocycles. The number of allylic oxidation sites excluding steroid dienone is 2. The largest absolute Gasteiger partial charge is 0.0710 e. The van der Waals surface area contributed by atoms with E-state index in [-0.39, 0.29) is 0 Å². The zero-order chi connectivity index (χ0) is 13.0. The first-order valence-corrected chi connectivity index (χ1v) is 7.66. The molecule has 0 nitrogen and oxygen atoms in total. The van der Waals surface area contributed by atoms with Gasteiger partial charge < -0.3 is 0 Å². The SMILES string of the molecule is CCC(=C(C)C(C)CCCC1CC1C)C(C)C. The molecule has 1 fully saturated rings. The van der Waals surface area contributed by atoms with E-state index in [1.807, 2.05) is 0 Å². The van der Waals surface area contributed by atoms with Crippen LogP contribution in [0.5, 0.6) is 0 Å². The van der Waals surface area contributed by atoms with Gasteiger partial charge in [0, 0.05) is 0 Å². The fourth-order valence-electron chi connectivity index (χ4n) is 3.16. The minimum Gasteiger partial charge on any atom is -0.0710 e. The first-order chi connectivity index (χ1) is 7.97. The molecule has 1 rings (SSSR count). The highest BCUT2D eigenvalue weighted by atomic mass is 14.4. The number of hydrogen-bond donors (Lipinski definition) is 0. The third kappa shape index (κ3) is 4.48. The van der Waals surface area contributed by atoms with Crippen LogP contribution in [0.3, 0.4) is 0 Å². The van der Waals surface area contributed by atoms with Crippen molar-refractivity contribution in [1.29, 1.82) is 0 Å². The van der Waals surface area contributed by atoms with E-state index in [1.165, 1.54) is 32.1 Å². The van der Waals surface area contributed by atoms with E-state index in [0.29, 0.717) is 0 Å². The Morgan fingerprint density at radius 1 is 1.24 bits per heavy atom. The maximum atomic E-state index is 2.42. The van der Waals surface area contributed by atoms with E-state index >= 15 is 0 Å². The minimum absolute atomic E-state index is 0.728. The Morgan fingerprint density at radius 2 is 1.82 bits per heavy atom. The second kappa shape index (κ2) is 6.61. The molecule has 1 saturated carbocycles. The maximum Gasteiger partial charge on any atom is -0.0232 e. The van der Waals surface area contributed by atoms with Crippen LogP contribution in [0.1, 0.15) is 73.6 Å². The van der Waals surface area contributed by atoms with Gasteiger partial charge in [0.15, 0.2) is 0 Å². The van der Waals surface area contributed by atoms with E-state index in [1.54, 1.807) is 11.1 Å². The molecule has 0 spiro atoms. The van der Waals surface area contributed by atoms with Gasteiger partial charge in [-0.25, -0.2) is 0 Å². The van der Waals surface area contributed by atoms with Gasteiger partial charge in [-0.1, -0.05) is 58.6 Å². The van der Waals surface area contributed by atoms with Crippen molar-refractivity contribution in [2.24, 2.45) is 23.7 Å². The molecular formula is C17H32. The fourth-order valence-corrected chi connectivity index (χ4v) is 3.16. The lowest BCUT2D eigenvalue weighted by atomic mass is 9.86. The van der Waals surface area contributed by atoms with Crippen LogP contribution < -0.4 is 0 Å². The number of hydrogen-bond acceptors (Lipinski definition) is 0. The molecule has 0 radical (unpaired) electrons. The molecule has 0 heteroatoms. The van der Waals surface area contributed by atoms with E-state index in [0.717, 1.165) is 23.7 Å². The van der Waals surface area contributed by atoms with Gasteiger partial charge in [-0.3, -0.25) is 0 Å². The monoisotopic (exact) mass is 236 g/mol. The van der Waals surface area contributed by atoms with Crippen LogP contribution in [0.2, 0.25) is 0 Å². The molecule has 3 unspecified atom stereocenters. The quantitative estimate of drug-likeness (QED) is 0.488. The molecule has 0 aromatic rings. The molecule has 0 saturated heterocycles. The van der Waals surface area contributed by atoms with Crippen molar-refractivity contribution in [3.8, 4) is 0 Å². The van der Waals surface area contributed by atoms with E-state index < -0.39 is 0 Å². The Bertz CT molecular complexity index is 259. The van der Waals surface area contributed by atoms with Crippen LogP contribution in [-0.4, -0.2) is 0 Å². The molecule has 0 amide bonds. The third-order valence-electron chi connectivity index (χ3n) is 4.81. The molecule has 17 heavy (non-hydrogen) atoms. The molecular weight excluding hydrogens is 204 g/mol. The molecule has 0 N–H and O–H groups in total. The summed E-state index contributed by atoms with van der Waals surface area (Å²) < 4.78 is 0. The van der Waals surface area contributed by atoms with Crippen molar-refractivity contribution in [3.05, 3.63) is 11.1 Å². The summed E-state index contributed by atoms with van der Waals surface area (Å²) in [7, 11) is 0. The predicted molar refractivity (Wildman–Crippen MR) is 78.1 cm³/mol. The van der Waals surface area contributed by atoms with Crippen molar-refractivity contribution in [2.75, 3.05) is 0 Å². The molecule has 0 heterocycles. The highest BCUT2D eigenvalue weighted by Gasteiger charge is 2.31. The molecule has 0 aliphatic heterocycles. The second-order valence-electron chi connectivity index (χ2n) is 6.52. The lowest BCUT2D eigenvalue weighted by Gasteiger charge is -2.20. The first-order valence-electron chi connectivity index (χ1n) is 7.66. The molecule has 1 aliphatic carbocycles. The van der Waals surface area contributed by atoms with Crippen molar-refractivity contribution in [3.63, 3.8) is 0 Å². The van der Waals surface area contributed by atoms with Crippen molar-refractivity contribution in [2.45, 2.75) is 73.6 Å². The summed E-state index contributed by atoms with van der Waals surface area (Å²) in [5.41, 5.74) is 3.36. The Labute approximate surface area is 109 Å². The predicted octanol–water partition coefficient (Wildman–Crippen LogP) is 5.83. The van der Waals surface area contributed by atoms with Crippen LogP contribution in [0.4, 0.5) is 0 Å². The highest BCUT2D eigenvalue weighted by Crippen LogP contribution is 2.42. The first kappa shape index (κ1) is 14.8. The van der Waals surface area contributed by atoms with Gasteiger partial charge in [-0.15, -0.1) is 0 Å². The summed E-state index contributed by atoms with van der Waals surface area (Å²) in [5, 5.41) is 0. The maximum absolute atomic E-state index is 2.42. The average molecular weight is 236 g/mol. The molecule has 0 bridgehead atoms. The third-order valence-corrected chi connectivity index (χ3v) is 4.81. The second-order valence-corrected chi connectivity index (χ2v) is 6.52. The summed E-state index contributed by atoms with van der Waals surface area (Å²) in [6.45, 7) is 14.2. The van der Waals surface area contributed by atoms with Gasteiger partial charge in [0.25, 0.3) is 0 Å². The van der Waals surface area contributed by atoms with Crippen LogP contribution in [0.25, 0.3) is 0 Å². The zero-order valence-corrected chi connectivity index (χ0v) is 12.8. The van der Waals surface area contributed by atoms with Crippen LogP contribution in [0, 0.1) is 23.7 Å². The van der Waals surface area contributed by atoms with Gasteiger partial charge in [-0.05, 0) is 49.9 Å². The van der Waals surface area contributed by atoms with Gasteiger partial charge in [0.2, 0.25) is 0 Å². The summed E-state index contributed by atoms with van der Waals surface area (Å²) in [5.74, 6) is 3.62. The molecule has 0 aromatic carbocycles. The van der Waals surface area contributed by atoms with Crippen molar-refractivity contribution in [1.82, 2.24) is 0 Å². The van der Waals surface area contributed by atoms with Gasteiger partial charge in [-0.2, -0.15) is 0 Å². The Kier molecular flexibility index (Phi) is 5.76. The average Bonchev–Trinajstić information content (AvgIpc) is 2.94. The van der Waals surface area contributed by atoms with Crippen LogP contribution >= 0.6 is 0 Å². The van der Waals surface area contributed by atoms with E-state index in [4.69, 9.17) is 0 Å². The summed E-state index contributed by atoms with van der Waals surface area (Å²) in [6.07, 6.45) is 7.03. The van der Waals surface area contributed by atoms with Crippen LogP contribution in [-0.2, 0) is 0 Å². The number of rotatable bonds is 7. The Hall–Kier alpha value is -0.260. The topological polar surface area (TPSA) is 0 Å². The van der Waals surface area contributed by atoms with E-state index in [2.05, 4.69) is 41.5 Å². The zero-order valence-electron chi connectivity index (χ0n) is 12.8. The van der Waals surface area contributed by atoms with Gasteiger partial charge >= 0.3 is 0 Å². The molecule has 3 atom stereocenters. The van der Waals surface area contributed by atoms with Crippen molar-refractivity contribution >= 4 is 0 Å². The molecule has 1 aliphatic rings. The van der Waals surface area contributed by atoms with Gasteiger partial charge in [0.05, 0.1) is 0 Å². The minimum atomic E-state index is 0.728. The smallest absolute Gasteiger partial charge is 0.0232 e. The summed E-state index contributed by atoms with van der Waals surface area (Å²) in [6, 6.07) is 0. The van der Waals surface area contributed by atoms with Crippen molar-refractivity contribution < 1.29 is 0 Å². The summed E-state index contributed by atoms with van der Waals surface area (Å²) in [4.78, 5) is 0. The lowest BCUT2D eigenvalue weighted by Crippen LogP contribution is -2.05. The normalized spacial score (nSPS) is 27.0. The highest BCUT2D eigenvalue weighted by molar-refractivity contribution is 5.16. The summed E-state index contributed by atoms with van der Waals surface area (Å²) >= 11 is 0. The lowest BCUT2D eigenvalue weighted by molar-refractivity contribution is 0.517. The Balaban J connectivity index is 2.36. The fraction of sp³-hybridized carbons (Fsp3) is 0.882. The molecule has 100 valence electrons. The van der Waals surface area contributed by atoms with Crippen LogP contribution in [0.15, 0.2) is 11.1 Å². The standard InChI is InChI=1S/C17H32/c1-7-17(12(2)3)15(6)13(4)9-8-10-16-11-14(16)5/h12-14,16H,7-11H2,1-6H3.